The van der Waals surface area contributed by atoms with E-state index in [0.29, 0.717) is 23.2 Å². The highest BCUT2D eigenvalue weighted by molar-refractivity contribution is 8.00. The molecule has 1 amide bonds. The van der Waals surface area contributed by atoms with Crippen molar-refractivity contribution in [2.24, 2.45) is 5.92 Å². The molecule has 18 heavy (non-hydrogen) atoms. The summed E-state index contributed by atoms with van der Waals surface area (Å²) in [5.74, 6) is 2.32. The molecule has 0 spiro atoms. The van der Waals surface area contributed by atoms with Crippen molar-refractivity contribution in [2.75, 3.05) is 17.2 Å². The van der Waals surface area contributed by atoms with E-state index >= 15 is 0 Å². The fourth-order valence-electron chi connectivity index (χ4n) is 2.65. The van der Waals surface area contributed by atoms with E-state index < -0.39 is 0 Å². The lowest BCUT2D eigenvalue weighted by Crippen LogP contribution is -2.48. The van der Waals surface area contributed by atoms with Gasteiger partial charge in [0, 0.05) is 6.54 Å². The molecule has 1 saturated heterocycles. The first-order valence-electron chi connectivity index (χ1n) is 6.19. The van der Waals surface area contributed by atoms with Crippen molar-refractivity contribution in [1.82, 2.24) is 14.8 Å². The first kappa shape index (κ1) is 12.2. The van der Waals surface area contributed by atoms with Gasteiger partial charge >= 0.3 is 0 Å². The summed E-state index contributed by atoms with van der Waals surface area (Å²) in [6.07, 6.45) is 0.997. The van der Waals surface area contributed by atoms with Crippen LogP contribution in [0.4, 0.5) is 5.95 Å². The number of rotatable bonds is 2. The molecule has 0 aliphatic carbocycles. The number of carbonyl (C=O) groups is 1. The number of aromatic amines is 1. The number of nitrogens with one attached hydrogen (secondary N) is 1. The average molecular weight is 284 g/mol. The second-order valence-electron chi connectivity index (χ2n) is 5.19. The Labute approximate surface area is 115 Å². The molecule has 2 aliphatic rings. The second kappa shape index (κ2) is 4.38. The van der Waals surface area contributed by atoms with Gasteiger partial charge in [-0.1, -0.05) is 13.8 Å². The first-order chi connectivity index (χ1) is 8.59. The van der Waals surface area contributed by atoms with Gasteiger partial charge in [0.15, 0.2) is 4.77 Å². The number of aromatic nitrogens is 3. The predicted molar refractivity (Wildman–Crippen MR) is 74.5 cm³/mol. The van der Waals surface area contributed by atoms with Crippen LogP contribution in [-0.4, -0.2) is 38.2 Å². The Balaban J connectivity index is 2.09. The van der Waals surface area contributed by atoms with Crippen LogP contribution < -0.4 is 4.90 Å². The number of amides is 1. The molecule has 2 atom stereocenters. The van der Waals surface area contributed by atoms with Crippen LogP contribution in [0.5, 0.6) is 0 Å². The summed E-state index contributed by atoms with van der Waals surface area (Å²) in [6, 6.07) is 0.187. The summed E-state index contributed by atoms with van der Waals surface area (Å²) in [7, 11) is 0. The molecule has 98 valence electrons. The Morgan fingerprint density at radius 3 is 3.11 bits per heavy atom. The number of carbonyl (C=O) groups excluding carboxylic acids is 1. The Morgan fingerprint density at radius 2 is 2.39 bits per heavy atom. The number of anilines is 1. The molecule has 2 unspecified atom stereocenters. The van der Waals surface area contributed by atoms with Crippen LogP contribution in [0.15, 0.2) is 0 Å². The van der Waals surface area contributed by atoms with Crippen LogP contribution in [0.3, 0.4) is 0 Å². The van der Waals surface area contributed by atoms with Crippen molar-refractivity contribution in [2.45, 2.75) is 31.6 Å². The number of nitrogens with zero attached hydrogens (tertiary/aromatic N) is 3. The van der Waals surface area contributed by atoms with Crippen LogP contribution in [0.2, 0.25) is 0 Å². The van der Waals surface area contributed by atoms with Gasteiger partial charge in [-0.05, 0) is 30.3 Å². The van der Waals surface area contributed by atoms with Crippen LogP contribution in [-0.2, 0) is 4.79 Å². The van der Waals surface area contributed by atoms with E-state index in [0.717, 1.165) is 12.2 Å². The van der Waals surface area contributed by atoms with Crippen molar-refractivity contribution >= 4 is 35.8 Å². The highest BCUT2D eigenvalue weighted by Gasteiger charge is 2.45. The number of H-pyrrole nitrogens is 1. The molecular weight excluding hydrogens is 268 g/mol. The second-order valence-corrected chi connectivity index (χ2v) is 6.83. The average Bonchev–Trinajstić information content (AvgIpc) is 2.90. The van der Waals surface area contributed by atoms with E-state index in [4.69, 9.17) is 12.2 Å². The zero-order valence-corrected chi connectivity index (χ0v) is 12.1. The molecular formula is C11H16N4OS2. The van der Waals surface area contributed by atoms with Crippen LogP contribution in [0, 0.1) is 10.7 Å². The molecule has 5 nitrogen and oxygen atoms in total. The highest BCUT2D eigenvalue weighted by atomic mass is 32.2. The fourth-order valence-corrected chi connectivity index (χ4v) is 4.30. The Kier molecular flexibility index (Phi) is 2.97. The largest absolute Gasteiger partial charge is 0.281 e. The van der Waals surface area contributed by atoms with Crippen molar-refractivity contribution < 1.29 is 4.79 Å². The molecule has 7 heteroatoms. The van der Waals surface area contributed by atoms with Gasteiger partial charge < -0.3 is 0 Å². The standard InChI is InChI=1S/C11H16N4OS2/c1-6(2)5-14-9(16)8-7(3-4-18-8)15-10(14)12-13-11(15)17/h6-8H,3-5H2,1-2H3,(H,13,17). The van der Waals surface area contributed by atoms with Gasteiger partial charge in [0.2, 0.25) is 11.9 Å². The molecule has 1 aromatic heterocycles. The third kappa shape index (κ3) is 1.72. The lowest BCUT2D eigenvalue weighted by atomic mass is 10.1. The minimum atomic E-state index is 0.0144. The van der Waals surface area contributed by atoms with Gasteiger partial charge in [-0.2, -0.15) is 0 Å². The topological polar surface area (TPSA) is 53.9 Å². The summed E-state index contributed by atoms with van der Waals surface area (Å²) in [4.78, 5) is 14.3. The summed E-state index contributed by atoms with van der Waals surface area (Å²) in [5, 5.41) is 7.09. The lowest BCUT2D eigenvalue weighted by molar-refractivity contribution is -0.119. The van der Waals surface area contributed by atoms with Crippen molar-refractivity contribution in [3.05, 3.63) is 4.77 Å². The van der Waals surface area contributed by atoms with Gasteiger partial charge in [-0.15, -0.1) is 16.9 Å². The minimum Gasteiger partial charge on any atom is -0.281 e. The monoisotopic (exact) mass is 284 g/mol. The maximum Gasteiger partial charge on any atom is 0.244 e. The van der Waals surface area contributed by atoms with E-state index in [-0.39, 0.29) is 17.2 Å². The van der Waals surface area contributed by atoms with Crippen LogP contribution in [0.25, 0.3) is 0 Å². The maximum atomic E-state index is 12.5. The van der Waals surface area contributed by atoms with Crippen molar-refractivity contribution in [1.29, 1.82) is 0 Å². The molecule has 2 aliphatic heterocycles. The highest BCUT2D eigenvalue weighted by Crippen LogP contribution is 2.42. The van der Waals surface area contributed by atoms with Gasteiger partial charge in [0.05, 0.1) is 6.04 Å². The third-order valence-electron chi connectivity index (χ3n) is 3.38. The summed E-state index contributed by atoms with van der Waals surface area (Å²) < 4.78 is 2.66. The van der Waals surface area contributed by atoms with Gasteiger partial charge in [-0.25, -0.2) is 5.10 Å². The molecule has 3 heterocycles. The Morgan fingerprint density at radius 1 is 1.61 bits per heavy atom. The predicted octanol–water partition coefficient (Wildman–Crippen LogP) is 1.99. The van der Waals surface area contributed by atoms with E-state index in [2.05, 4.69) is 24.0 Å². The molecule has 1 aromatic rings. The third-order valence-corrected chi connectivity index (χ3v) is 5.01. The molecule has 0 aromatic carbocycles. The van der Waals surface area contributed by atoms with E-state index in [1.54, 1.807) is 16.7 Å². The van der Waals surface area contributed by atoms with E-state index in [9.17, 15) is 4.79 Å². The molecule has 3 rings (SSSR count). The summed E-state index contributed by atoms with van der Waals surface area (Å²) in [5.41, 5.74) is 0. The summed E-state index contributed by atoms with van der Waals surface area (Å²) >= 11 is 7.04. The number of thioether (sulfide) groups is 1. The quantitative estimate of drug-likeness (QED) is 0.844. The zero-order chi connectivity index (χ0) is 12.9. The number of hydrogen-bond donors (Lipinski definition) is 1. The fraction of sp³-hybridized carbons (Fsp3) is 0.727. The van der Waals surface area contributed by atoms with Crippen molar-refractivity contribution in [3.8, 4) is 0 Å². The zero-order valence-electron chi connectivity index (χ0n) is 10.4. The number of hydrogen-bond acceptors (Lipinski definition) is 4. The van der Waals surface area contributed by atoms with E-state index in [1.165, 1.54) is 0 Å². The van der Waals surface area contributed by atoms with Crippen LogP contribution >= 0.6 is 24.0 Å². The first-order valence-corrected chi connectivity index (χ1v) is 7.65. The van der Waals surface area contributed by atoms with Crippen LogP contribution in [0.1, 0.15) is 26.3 Å². The minimum absolute atomic E-state index is 0.0144. The maximum absolute atomic E-state index is 12.5. The SMILES string of the molecule is CC(C)CN1C(=O)C2SCCC2n2c1n[nH]c2=S. The Hall–Kier alpha value is -0.820. The van der Waals surface area contributed by atoms with Gasteiger partial charge in [-0.3, -0.25) is 14.3 Å². The summed E-state index contributed by atoms with van der Waals surface area (Å²) in [6.45, 7) is 4.90. The van der Waals surface area contributed by atoms with Gasteiger partial charge in [0.25, 0.3) is 0 Å². The van der Waals surface area contributed by atoms with Crippen molar-refractivity contribution in [3.63, 3.8) is 0 Å². The number of fused-ring (bicyclic) bond motifs is 3. The molecule has 1 fully saturated rings. The van der Waals surface area contributed by atoms with Gasteiger partial charge in [0.1, 0.15) is 5.25 Å². The lowest BCUT2D eigenvalue weighted by Gasteiger charge is -2.34. The Bertz CT molecular complexity index is 535. The molecule has 1 N–H and O–H groups in total. The molecule has 0 saturated carbocycles. The molecule has 0 radical (unpaired) electrons. The smallest absolute Gasteiger partial charge is 0.244 e. The normalized spacial score (nSPS) is 26.6. The molecule has 0 bridgehead atoms. The van der Waals surface area contributed by atoms with E-state index in [1.807, 2.05) is 4.57 Å².